The molecular weight excluding hydrogens is 412 g/mol. The van der Waals surface area contributed by atoms with Gasteiger partial charge in [-0.3, -0.25) is 9.59 Å². The van der Waals surface area contributed by atoms with Crippen molar-refractivity contribution in [3.63, 3.8) is 0 Å². The number of carbonyl (C=O) groups excluding carboxylic acids is 2. The fourth-order valence-electron chi connectivity index (χ4n) is 2.34. The molecule has 152 valence electrons. The number of ether oxygens (including phenoxy) is 1. The molecule has 1 unspecified atom stereocenters. The number of unbranched alkanes of at least 4 members (excludes halogenated alkanes) is 1. The lowest BCUT2D eigenvalue weighted by Gasteiger charge is -2.33. The zero-order valence-electron chi connectivity index (χ0n) is 17.1. The first-order valence-electron chi connectivity index (χ1n) is 9.28. The van der Waals surface area contributed by atoms with Crippen molar-refractivity contribution in [3.05, 3.63) is 22.4 Å². The monoisotopic (exact) mass is 442 g/mol. The van der Waals surface area contributed by atoms with Crippen LogP contribution in [0.25, 0.3) is 0 Å². The van der Waals surface area contributed by atoms with Gasteiger partial charge in [-0.25, -0.2) is 4.98 Å². The Labute approximate surface area is 170 Å². The first kappa shape index (κ1) is 23.6. The topological polar surface area (TPSA) is 88.5 Å². The summed E-state index contributed by atoms with van der Waals surface area (Å²) < 4.78 is 5.73. The lowest BCUT2D eigenvalue weighted by atomic mass is 9.82. The summed E-state index contributed by atoms with van der Waals surface area (Å²) in [5, 5.41) is 14.2. The highest BCUT2D eigenvalue weighted by molar-refractivity contribution is 9.10. The van der Waals surface area contributed by atoms with Crippen LogP contribution in [0, 0.1) is 11.3 Å². The van der Waals surface area contributed by atoms with Crippen LogP contribution in [0.5, 0.6) is 0 Å². The fraction of sp³-hybridized carbons (Fsp3) is 0.650. The second-order valence-corrected chi connectivity index (χ2v) is 8.88. The number of aliphatic hydroxyl groups is 1. The van der Waals surface area contributed by atoms with Crippen molar-refractivity contribution in [1.29, 1.82) is 0 Å². The molecule has 2 N–H and O–H groups in total. The molecule has 1 amide bonds. The Kier molecular flexibility index (Phi) is 8.42. The molecule has 6 nitrogen and oxygen atoms in total. The third kappa shape index (κ3) is 6.57. The number of hydrogen-bond acceptors (Lipinski definition) is 5. The number of halogens is 1. The quantitative estimate of drug-likeness (QED) is 0.353. The molecule has 0 saturated carbocycles. The molecule has 0 aliphatic heterocycles. The van der Waals surface area contributed by atoms with Crippen LogP contribution in [0.4, 0.5) is 5.69 Å². The van der Waals surface area contributed by atoms with Gasteiger partial charge in [0, 0.05) is 5.41 Å². The predicted octanol–water partition coefficient (Wildman–Crippen LogP) is 4.41. The van der Waals surface area contributed by atoms with E-state index in [1.807, 2.05) is 6.92 Å². The van der Waals surface area contributed by atoms with Crippen LogP contribution in [0.3, 0.4) is 0 Å². The van der Waals surface area contributed by atoms with Gasteiger partial charge in [0.15, 0.2) is 0 Å². The summed E-state index contributed by atoms with van der Waals surface area (Å²) in [6.45, 7) is 11.3. The van der Waals surface area contributed by atoms with Crippen LogP contribution >= 0.6 is 15.9 Å². The highest BCUT2D eigenvalue weighted by Gasteiger charge is 2.40. The maximum absolute atomic E-state index is 12.4. The van der Waals surface area contributed by atoms with E-state index in [0.717, 1.165) is 12.8 Å². The van der Waals surface area contributed by atoms with Crippen molar-refractivity contribution in [2.45, 2.75) is 66.4 Å². The Morgan fingerprint density at radius 3 is 2.44 bits per heavy atom. The fourth-order valence-corrected chi connectivity index (χ4v) is 2.65. The van der Waals surface area contributed by atoms with E-state index in [9.17, 15) is 14.7 Å². The molecule has 0 saturated heterocycles. The number of carbonyl (C=O) groups is 2. The van der Waals surface area contributed by atoms with Gasteiger partial charge >= 0.3 is 5.97 Å². The van der Waals surface area contributed by atoms with Gasteiger partial charge in [0.05, 0.1) is 24.4 Å². The lowest BCUT2D eigenvalue weighted by molar-refractivity contribution is -0.152. The van der Waals surface area contributed by atoms with E-state index >= 15 is 0 Å². The zero-order chi connectivity index (χ0) is 20.8. The summed E-state index contributed by atoms with van der Waals surface area (Å²) in [5.41, 5.74) is -1.56. The van der Waals surface area contributed by atoms with Crippen molar-refractivity contribution in [2.75, 3.05) is 11.9 Å². The van der Waals surface area contributed by atoms with Crippen molar-refractivity contribution >= 4 is 33.5 Å². The molecule has 0 fully saturated rings. The molecule has 1 aromatic heterocycles. The van der Waals surface area contributed by atoms with Crippen molar-refractivity contribution < 1.29 is 19.4 Å². The summed E-state index contributed by atoms with van der Waals surface area (Å²) in [7, 11) is 0. The molecule has 0 bridgehead atoms. The lowest BCUT2D eigenvalue weighted by Crippen LogP contribution is -2.38. The third-order valence-corrected chi connectivity index (χ3v) is 4.77. The second kappa shape index (κ2) is 9.64. The zero-order valence-corrected chi connectivity index (χ0v) is 18.6. The molecule has 1 heterocycles. The van der Waals surface area contributed by atoms with Crippen molar-refractivity contribution in [2.24, 2.45) is 11.3 Å². The summed E-state index contributed by atoms with van der Waals surface area (Å²) in [4.78, 5) is 29.1. The molecule has 0 aliphatic carbocycles. The SMILES string of the molecule is CCCCOC(=O)CC(O)(c1nc(Br)ccc1NC(=O)C(C)(C)C)C(C)C. The molecular formula is C20H31BrN2O4. The van der Waals surface area contributed by atoms with Gasteiger partial charge in [0.1, 0.15) is 10.2 Å². The van der Waals surface area contributed by atoms with E-state index < -0.39 is 17.0 Å². The van der Waals surface area contributed by atoms with E-state index in [4.69, 9.17) is 4.74 Å². The van der Waals surface area contributed by atoms with Gasteiger partial charge in [0.2, 0.25) is 5.91 Å². The smallest absolute Gasteiger partial charge is 0.309 e. The van der Waals surface area contributed by atoms with Crippen LogP contribution in [0.15, 0.2) is 16.7 Å². The first-order valence-corrected chi connectivity index (χ1v) is 10.1. The maximum atomic E-state index is 12.4. The van der Waals surface area contributed by atoms with E-state index in [1.54, 1.807) is 46.8 Å². The van der Waals surface area contributed by atoms with Gasteiger partial charge in [-0.2, -0.15) is 0 Å². The Morgan fingerprint density at radius 1 is 1.30 bits per heavy atom. The standard InChI is InChI=1S/C20H31BrN2O4/c1-7-8-11-27-16(24)12-20(26,13(2)3)17-14(9-10-15(21)23-17)22-18(25)19(4,5)6/h9-10,13,26H,7-8,11-12H2,1-6H3,(H,22,25). The summed E-state index contributed by atoms with van der Waals surface area (Å²) in [6, 6.07) is 3.36. The van der Waals surface area contributed by atoms with Crippen LogP contribution in [-0.4, -0.2) is 28.6 Å². The predicted molar refractivity (Wildman–Crippen MR) is 109 cm³/mol. The Morgan fingerprint density at radius 2 is 1.93 bits per heavy atom. The maximum Gasteiger partial charge on any atom is 0.309 e. The average molecular weight is 443 g/mol. The van der Waals surface area contributed by atoms with Crippen LogP contribution in [0.2, 0.25) is 0 Å². The van der Waals surface area contributed by atoms with Gasteiger partial charge in [0.25, 0.3) is 0 Å². The van der Waals surface area contributed by atoms with Gasteiger partial charge in [-0.15, -0.1) is 0 Å². The molecule has 0 aromatic carbocycles. The normalized spacial score (nSPS) is 14.0. The van der Waals surface area contributed by atoms with Crippen molar-refractivity contribution in [1.82, 2.24) is 4.98 Å². The van der Waals surface area contributed by atoms with Crippen LogP contribution in [0.1, 0.15) is 66.5 Å². The van der Waals surface area contributed by atoms with E-state index in [-0.39, 0.29) is 23.9 Å². The Balaban J connectivity index is 3.24. The number of pyridine rings is 1. The minimum absolute atomic E-state index is 0.204. The molecule has 0 radical (unpaired) electrons. The summed E-state index contributed by atoms with van der Waals surface area (Å²) in [6.07, 6.45) is 1.45. The molecule has 1 rings (SSSR count). The largest absolute Gasteiger partial charge is 0.466 e. The summed E-state index contributed by atoms with van der Waals surface area (Å²) >= 11 is 3.31. The molecule has 1 atom stereocenters. The molecule has 0 spiro atoms. The van der Waals surface area contributed by atoms with Gasteiger partial charge < -0.3 is 15.2 Å². The minimum atomic E-state index is -1.58. The number of nitrogens with one attached hydrogen (secondary N) is 1. The number of rotatable bonds is 8. The van der Waals surface area contributed by atoms with E-state index in [0.29, 0.717) is 16.9 Å². The second-order valence-electron chi connectivity index (χ2n) is 8.06. The van der Waals surface area contributed by atoms with Crippen LogP contribution in [-0.2, 0) is 19.9 Å². The number of hydrogen-bond donors (Lipinski definition) is 2. The Bertz CT molecular complexity index is 670. The molecule has 27 heavy (non-hydrogen) atoms. The van der Waals surface area contributed by atoms with Crippen LogP contribution < -0.4 is 5.32 Å². The van der Waals surface area contributed by atoms with Crippen molar-refractivity contribution in [3.8, 4) is 0 Å². The number of amides is 1. The third-order valence-electron chi connectivity index (χ3n) is 4.33. The number of esters is 1. The summed E-state index contributed by atoms with van der Waals surface area (Å²) in [5.74, 6) is -1.03. The first-order chi connectivity index (χ1) is 12.4. The van der Waals surface area contributed by atoms with E-state index in [2.05, 4.69) is 26.2 Å². The molecule has 0 aliphatic rings. The minimum Gasteiger partial charge on any atom is -0.466 e. The average Bonchev–Trinajstić information content (AvgIpc) is 2.55. The number of nitrogens with zero attached hydrogens (tertiary/aromatic N) is 1. The molecule has 7 heteroatoms. The Hall–Kier alpha value is -1.47. The molecule has 1 aromatic rings. The number of aromatic nitrogens is 1. The number of anilines is 1. The highest BCUT2D eigenvalue weighted by atomic mass is 79.9. The van der Waals surface area contributed by atoms with Gasteiger partial charge in [-0.05, 0) is 40.4 Å². The highest BCUT2D eigenvalue weighted by Crippen LogP contribution is 2.38. The van der Waals surface area contributed by atoms with E-state index in [1.165, 1.54) is 0 Å². The van der Waals surface area contributed by atoms with Gasteiger partial charge in [-0.1, -0.05) is 48.0 Å².